The Kier molecular flexibility index (Phi) is 6.26. The Labute approximate surface area is 164 Å². The van der Waals surface area contributed by atoms with Crippen LogP contribution in [0.3, 0.4) is 0 Å². The topological polar surface area (TPSA) is 84.7 Å². The van der Waals surface area contributed by atoms with Gasteiger partial charge in [-0.2, -0.15) is 0 Å². The Morgan fingerprint density at radius 2 is 1.89 bits per heavy atom. The minimum atomic E-state index is -0.462. The second-order valence-electron chi connectivity index (χ2n) is 7.00. The van der Waals surface area contributed by atoms with E-state index in [1.165, 1.54) is 6.07 Å². The molecule has 7 nitrogen and oxygen atoms in total. The van der Waals surface area contributed by atoms with Crippen molar-refractivity contribution >= 4 is 11.6 Å². The fourth-order valence-corrected chi connectivity index (χ4v) is 3.58. The van der Waals surface area contributed by atoms with E-state index in [1.807, 2.05) is 24.3 Å². The lowest BCUT2D eigenvalue weighted by Crippen LogP contribution is -2.36. The van der Waals surface area contributed by atoms with E-state index in [0.717, 1.165) is 37.2 Å². The summed E-state index contributed by atoms with van der Waals surface area (Å²) < 4.78 is 5.23. The van der Waals surface area contributed by atoms with Crippen molar-refractivity contribution in [2.24, 2.45) is 0 Å². The quantitative estimate of drug-likeness (QED) is 0.584. The summed E-state index contributed by atoms with van der Waals surface area (Å²) in [7, 11) is 1.63. The minimum Gasteiger partial charge on any atom is -0.497 e. The van der Waals surface area contributed by atoms with Gasteiger partial charge in [0.25, 0.3) is 11.6 Å². The molecule has 0 aliphatic carbocycles. The summed E-state index contributed by atoms with van der Waals surface area (Å²) in [5.41, 5.74) is 1.90. The number of likely N-dealkylation sites (tertiary alicyclic amines) is 1. The number of methoxy groups -OCH3 is 1. The molecule has 0 saturated carbocycles. The molecule has 0 aromatic heterocycles. The van der Waals surface area contributed by atoms with Crippen LogP contribution >= 0.6 is 0 Å². The molecule has 2 aromatic rings. The summed E-state index contributed by atoms with van der Waals surface area (Å²) in [4.78, 5) is 25.6. The molecular weight excluding hydrogens is 358 g/mol. The van der Waals surface area contributed by atoms with Gasteiger partial charge < -0.3 is 10.1 Å². The van der Waals surface area contributed by atoms with Crippen molar-refractivity contribution in [3.8, 4) is 5.75 Å². The molecule has 1 amide bonds. The van der Waals surface area contributed by atoms with E-state index in [1.54, 1.807) is 26.2 Å². The molecule has 1 N–H and O–H groups in total. The van der Waals surface area contributed by atoms with Crippen LogP contribution in [0.5, 0.6) is 5.75 Å². The summed E-state index contributed by atoms with van der Waals surface area (Å²) in [6, 6.07) is 12.5. The van der Waals surface area contributed by atoms with Gasteiger partial charge >= 0.3 is 0 Å². The number of hydrogen-bond acceptors (Lipinski definition) is 5. The van der Waals surface area contributed by atoms with Gasteiger partial charge in [0.2, 0.25) is 0 Å². The summed E-state index contributed by atoms with van der Waals surface area (Å²) in [6.07, 6.45) is 2.29. The van der Waals surface area contributed by atoms with Crippen molar-refractivity contribution in [2.75, 3.05) is 26.7 Å². The number of carbonyl (C=O) groups is 1. The molecule has 0 radical (unpaired) electrons. The molecule has 1 atom stereocenters. The van der Waals surface area contributed by atoms with Crippen LogP contribution < -0.4 is 10.1 Å². The van der Waals surface area contributed by atoms with E-state index >= 15 is 0 Å². The van der Waals surface area contributed by atoms with Crippen LogP contribution in [-0.2, 0) is 0 Å². The van der Waals surface area contributed by atoms with Crippen LogP contribution in [0.2, 0.25) is 0 Å². The monoisotopic (exact) mass is 383 g/mol. The van der Waals surface area contributed by atoms with Gasteiger partial charge in [0.1, 0.15) is 5.75 Å². The van der Waals surface area contributed by atoms with Gasteiger partial charge in [-0.15, -0.1) is 0 Å². The summed E-state index contributed by atoms with van der Waals surface area (Å²) in [5, 5.41) is 14.1. The fraction of sp³-hybridized carbons (Fsp3) is 0.381. The van der Waals surface area contributed by atoms with E-state index in [-0.39, 0.29) is 17.6 Å². The number of nitro groups is 1. The van der Waals surface area contributed by atoms with Crippen molar-refractivity contribution < 1.29 is 14.5 Å². The number of aryl methyl sites for hydroxylation is 1. The van der Waals surface area contributed by atoms with E-state index in [4.69, 9.17) is 4.74 Å². The third-order valence-corrected chi connectivity index (χ3v) is 5.21. The lowest BCUT2D eigenvalue weighted by molar-refractivity contribution is -0.385. The van der Waals surface area contributed by atoms with E-state index in [2.05, 4.69) is 10.2 Å². The Morgan fingerprint density at radius 3 is 2.50 bits per heavy atom. The SMILES string of the molecule is COc1ccc(C(CNC(=O)c2ccc(C)c([N+](=O)[O-])c2)N2CCCC2)cc1. The Morgan fingerprint density at radius 1 is 1.21 bits per heavy atom. The lowest BCUT2D eigenvalue weighted by atomic mass is 10.0. The number of carbonyl (C=O) groups excluding carboxylic acids is 1. The number of nitrogens with one attached hydrogen (secondary N) is 1. The summed E-state index contributed by atoms with van der Waals surface area (Å²) in [6.45, 7) is 4.07. The van der Waals surface area contributed by atoms with Crippen molar-refractivity contribution in [3.05, 3.63) is 69.3 Å². The van der Waals surface area contributed by atoms with Crippen LogP contribution in [-0.4, -0.2) is 42.5 Å². The molecule has 0 bridgehead atoms. The van der Waals surface area contributed by atoms with Crippen molar-refractivity contribution in [1.29, 1.82) is 0 Å². The number of nitro benzene ring substituents is 1. The molecule has 3 rings (SSSR count). The molecule has 1 unspecified atom stereocenters. The number of ether oxygens (including phenoxy) is 1. The molecule has 7 heteroatoms. The molecular formula is C21H25N3O4. The van der Waals surface area contributed by atoms with Gasteiger partial charge in [0.05, 0.1) is 18.1 Å². The predicted molar refractivity (Wildman–Crippen MR) is 107 cm³/mol. The minimum absolute atomic E-state index is 0.0427. The highest BCUT2D eigenvalue weighted by atomic mass is 16.6. The average Bonchev–Trinajstić information content (AvgIpc) is 3.23. The van der Waals surface area contributed by atoms with Crippen LogP contribution in [0.15, 0.2) is 42.5 Å². The maximum Gasteiger partial charge on any atom is 0.273 e. The second-order valence-corrected chi connectivity index (χ2v) is 7.00. The highest BCUT2D eigenvalue weighted by molar-refractivity contribution is 5.95. The first-order chi connectivity index (χ1) is 13.5. The fourth-order valence-electron chi connectivity index (χ4n) is 3.58. The normalized spacial score (nSPS) is 15.2. The first kappa shape index (κ1) is 19.8. The van der Waals surface area contributed by atoms with E-state index in [0.29, 0.717) is 17.7 Å². The van der Waals surface area contributed by atoms with Crippen LogP contribution in [0.1, 0.15) is 40.4 Å². The number of rotatable bonds is 7. The molecule has 0 spiro atoms. The molecule has 1 saturated heterocycles. The second kappa shape index (κ2) is 8.84. The largest absolute Gasteiger partial charge is 0.497 e. The Balaban J connectivity index is 1.75. The lowest BCUT2D eigenvalue weighted by Gasteiger charge is -2.28. The predicted octanol–water partition coefficient (Wildman–Crippen LogP) is 3.48. The van der Waals surface area contributed by atoms with Crippen LogP contribution in [0.25, 0.3) is 0 Å². The van der Waals surface area contributed by atoms with Crippen LogP contribution in [0.4, 0.5) is 5.69 Å². The molecule has 1 heterocycles. The number of hydrogen-bond donors (Lipinski definition) is 1. The summed E-state index contributed by atoms with van der Waals surface area (Å²) >= 11 is 0. The molecule has 2 aromatic carbocycles. The van der Waals surface area contributed by atoms with E-state index < -0.39 is 4.92 Å². The van der Waals surface area contributed by atoms with Gasteiger partial charge in [0, 0.05) is 23.7 Å². The third-order valence-electron chi connectivity index (χ3n) is 5.21. The smallest absolute Gasteiger partial charge is 0.273 e. The first-order valence-electron chi connectivity index (χ1n) is 9.41. The van der Waals surface area contributed by atoms with Crippen molar-refractivity contribution in [1.82, 2.24) is 10.2 Å². The van der Waals surface area contributed by atoms with Crippen molar-refractivity contribution in [3.63, 3.8) is 0 Å². The Bertz CT molecular complexity index is 845. The molecule has 1 aliphatic heterocycles. The molecule has 1 fully saturated rings. The van der Waals surface area contributed by atoms with E-state index in [9.17, 15) is 14.9 Å². The average molecular weight is 383 g/mol. The number of amides is 1. The zero-order valence-corrected chi connectivity index (χ0v) is 16.2. The zero-order valence-electron chi connectivity index (χ0n) is 16.2. The maximum atomic E-state index is 12.6. The standard InChI is InChI=1S/C21H25N3O4/c1-15-5-6-17(13-19(15)24(26)27)21(25)22-14-20(23-11-3-4-12-23)16-7-9-18(28-2)10-8-16/h5-10,13,20H,3-4,11-12,14H2,1-2H3,(H,22,25). The number of benzene rings is 2. The van der Waals surface area contributed by atoms with Gasteiger partial charge in [-0.3, -0.25) is 19.8 Å². The Hall–Kier alpha value is -2.93. The van der Waals surface area contributed by atoms with Gasteiger partial charge in [-0.05, 0) is 56.6 Å². The van der Waals surface area contributed by atoms with Gasteiger partial charge in [-0.25, -0.2) is 0 Å². The first-order valence-corrected chi connectivity index (χ1v) is 9.41. The number of nitrogens with zero attached hydrogens (tertiary/aromatic N) is 2. The highest BCUT2D eigenvalue weighted by Crippen LogP contribution is 2.26. The van der Waals surface area contributed by atoms with Gasteiger partial charge in [0.15, 0.2) is 0 Å². The zero-order chi connectivity index (χ0) is 20.1. The highest BCUT2D eigenvalue weighted by Gasteiger charge is 2.24. The van der Waals surface area contributed by atoms with Gasteiger partial charge in [-0.1, -0.05) is 18.2 Å². The van der Waals surface area contributed by atoms with Crippen molar-refractivity contribution in [2.45, 2.75) is 25.8 Å². The van der Waals surface area contributed by atoms with Crippen LogP contribution in [0, 0.1) is 17.0 Å². The molecule has 148 valence electrons. The third kappa shape index (κ3) is 4.48. The maximum absolute atomic E-state index is 12.6. The summed E-state index contributed by atoms with van der Waals surface area (Å²) in [5.74, 6) is 0.487. The molecule has 1 aliphatic rings. The molecule has 28 heavy (non-hydrogen) atoms.